The molecule has 0 bridgehead atoms. The van der Waals surface area contributed by atoms with E-state index in [-0.39, 0.29) is 65.4 Å². The van der Waals surface area contributed by atoms with Crippen molar-refractivity contribution >= 4 is 0 Å². The summed E-state index contributed by atoms with van der Waals surface area (Å²) in [6.07, 6.45) is 12.5. The van der Waals surface area contributed by atoms with Gasteiger partial charge in [-0.1, -0.05) is 194 Å². The van der Waals surface area contributed by atoms with Gasteiger partial charge in [-0.05, 0) is 88.2 Å². The van der Waals surface area contributed by atoms with Crippen LogP contribution in [0.3, 0.4) is 0 Å². The fraction of sp³-hybridized carbons (Fsp3) is 0.526. The van der Waals surface area contributed by atoms with Crippen LogP contribution in [0.15, 0.2) is 128 Å². The Hall–Kier alpha value is -2.70. The Bertz CT molecular complexity index is 1500. The number of aromatic nitrogens is 7. The molecule has 66 heavy (non-hydrogen) atoms. The van der Waals surface area contributed by atoms with Gasteiger partial charge in [0.1, 0.15) is 0 Å². The fourth-order valence-electron chi connectivity index (χ4n) is 3.50. The molecule has 6 aromatic rings. The van der Waals surface area contributed by atoms with Gasteiger partial charge in [0.2, 0.25) is 0 Å². The molecule has 0 aliphatic rings. The van der Waals surface area contributed by atoms with Crippen molar-refractivity contribution in [3.8, 4) is 0 Å². The van der Waals surface area contributed by atoms with Crippen LogP contribution >= 0.6 is 0 Å². The third-order valence-electron chi connectivity index (χ3n) is 6.52. The van der Waals surface area contributed by atoms with E-state index in [4.69, 9.17) is 0 Å². The van der Waals surface area contributed by atoms with Crippen LogP contribution in [-0.4, -0.2) is 35.0 Å². The van der Waals surface area contributed by atoms with Crippen molar-refractivity contribution in [2.45, 2.75) is 176 Å². The summed E-state index contributed by atoms with van der Waals surface area (Å²) in [6, 6.07) is 39.8. The van der Waals surface area contributed by atoms with Gasteiger partial charge < -0.3 is 4.98 Å². The van der Waals surface area contributed by atoms with Crippen molar-refractivity contribution in [3.63, 3.8) is 0 Å². The van der Waals surface area contributed by atoms with Crippen molar-refractivity contribution in [3.05, 3.63) is 163 Å². The number of rotatable bonds is 6. The molecule has 0 unspecified atom stereocenters. The van der Waals surface area contributed by atoms with Crippen molar-refractivity contribution in [1.29, 1.82) is 0 Å². The van der Waals surface area contributed by atoms with Crippen molar-refractivity contribution in [1.82, 2.24) is 35.0 Å². The predicted octanol–water partition coefficient (Wildman–Crippen LogP) is 16.4. The summed E-state index contributed by atoms with van der Waals surface area (Å²) in [7, 11) is 0. The molecule has 2 radical (unpaired) electrons. The SMILES string of the molecule is CC(C)C.CC(C)C.CC(C)C.CC(C)C.CCc1ccccc1.CCc1ccccc1.CCc1cn(C(C)C)nn1.CCc1cn(C(C)C)nn1.[Y].[Y].[c-]1ccccc1.[c-]1ccccn1. The Balaban J connectivity index is -0.000000154. The van der Waals surface area contributed by atoms with Crippen LogP contribution in [0.5, 0.6) is 0 Å². The molecular formula is C57H95N7Y2-2. The first-order valence-electron chi connectivity index (χ1n) is 23.8. The molecular weight excluding hydrogens is 960 g/mol. The molecule has 3 aromatic heterocycles. The van der Waals surface area contributed by atoms with Gasteiger partial charge in [-0.15, -0.1) is 10.2 Å². The molecule has 0 fully saturated rings. The first-order valence-corrected chi connectivity index (χ1v) is 23.8. The van der Waals surface area contributed by atoms with Gasteiger partial charge in [-0.25, -0.2) is 9.36 Å². The average molecular weight is 1060 g/mol. The number of hydrogen-bond acceptors (Lipinski definition) is 5. The van der Waals surface area contributed by atoms with Crippen LogP contribution in [0.1, 0.15) is 173 Å². The van der Waals surface area contributed by atoms with E-state index in [1.54, 1.807) is 12.3 Å². The van der Waals surface area contributed by atoms with Gasteiger partial charge in [0.15, 0.2) is 0 Å². The van der Waals surface area contributed by atoms with Crippen molar-refractivity contribution in [2.24, 2.45) is 23.7 Å². The van der Waals surface area contributed by atoms with Gasteiger partial charge in [0.25, 0.3) is 0 Å². The van der Waals surface area contributed by atoms with Crippen LogP contribution in [0.4, 0.5) is 0 Å². The van der Waals surface area contributed by atoms with Crippen molar-refractivity contribution in [2.75, 3.05) is 0 Å². The third-order valence-corrected chi connectivity index (χ3v) is 6.52. The van der Waals surface area contributed by atoms with Crippen LogP contribution in [0, 0.1) is 35.9 Å². The van der Waals surface area contributed by atoms with E-state index in [2.05, 4.69) is 225 Å². The van der Waals surface area contributed by atoms with E-state index in [9.17, 15) is 0 Å². The molecule has 366 valence electrons. The zero-order valence-corrected chi connectivity index (χ0v) is 51.4. The standard InChI is InChI=1S/2C8H10.2C7H13N3.C6H5.C5H4N.4C4H10.2Y/c2*1-2-8-6-4-3-5-7-8;2*1-4-7-5-10(6(2)3)9-8-7;2*1-2-4-6-5-3-1;4*1-4(2)3;;/h2*3-7H,2H2,1H3;2*5-6H,4H2,1-3H3;1-5H;1-4H;4*4H,1-3H3;;/q;;;;2*-1;;;;;;. The van der Waals surface area contributed by atoms with E-state index in [0.717, 1.165) is 60.7 Å². The molecule has 3 aromatic carbocycles. The first kappa shape index (κ1) is 74.8. The Morgan fingerprint density at radius 2 is 0.712 bits per heavy atom. The summed E-state index contributed by atoms with van der Waals surface area (Å²) in [5.41, 5.74) is 4.95. The number of nitrogens with zero attached hydrogens (tertiary/aromatic N) is 7. The Morgan fingerprint density at radius 3 is 0.833 bits per heavy atom. The molecule has 0 amide bonds. The molecule has 9 heteroatoms. The second-order valence-corrected chi connectivity index (χ2v) is 17.9. The Kier molecular flexibility index (Phi) is 62.2. The van der Waals surface area contributed by atoms with Crippen LogP contribution in [0.25, 0.3) is 0 Å². The average Bonchev–Trinajstić information content (AvgIpc) is 3.97. The second-order valence-electron chi connectivity index (χ2n) is 17.9. The van der Waals surface area contributed by atoms with Crippen LogP contribution in [0.2, 0.25) is 0 Å². The molecule has 0 spiro atoms. The summed E-state index contributed by atoms with van der Waals surface area (Å²) in [5.74, 6) is 3.33. The third kappa shape index (κ3) is 63.4. The van der Waals surface area contributed by atoms with Gasteiger partial charge in [-0.3, -0.25) is 0 Å². The number of aryl methyl sites for hydroxylation is 4. The number of pyridine rings is 1. The summed E-state index contributed by atoms with van der Waals surface area (Å²) < 4.78 is 3.75. The monoisotopic (exact) mass is 1060 g/mol. The van der Waals surface area contributed by atoms with Gasteiger partial charge >= 0.3 is 0 Å². The largest absolute Gasteiger partial charge is 0.394 e. The van der Waals surface area contributed by atoms with E-state index in [1.807, 2.05) is 76.4 Å². The fourth-order valence-corrected chi connectivity index (χ4v) is 3.50. The summed E-state index contributed by atoms with van der Waals surface area (Å²) >= 11 is 0. The second kappa shape index (κ2) is 54.9. The first-order chi connectivity index (χ1) is 30.3. The molecule has 0 saturated carbocycles. The minimum Gasteiger partial charge on any atom is -0.394 e. The van der Waals surface area contributed by atoms with Gasteiger partial charge in [0, 0.05) is 89.9 Å². The Labute approximate surface area is 458 Å². The minimum atomic E-state index is 0. The summed E-state index contributed by atoms with van der Waals surface area (Å²) in [4.78, 5) is 3.66. The van der Waals surface area contributed by atoms with E-state index in [1.165, 1.54) is 11.1 Å². The molecule has 0 atom stereocenters. The topological polar surface area (TPSA) is 74.3 Å². The molecule has 6 rings (SSSR count). The number of hydrogen-bond donors (Lipinski definition) is 0. The zero-order chi connectivity index (χ0) is 49.6. The number of benzene rings is 3. The summed E-state index contributed by atoms with van der Waals surface area (Å²) in [6.45, 7) is 42.8. The molecule has 7 nitrogen and oxygen atoms in total. The van der Waals surface area contributed by atoms with Gasteiger partial charge in [0.05, 0.1) is 11.4 Å². The smallest absolute Gasteiger partial charge is 0.0824 e. The quantitative estimate of drug-likeness (QED) is 0.155. The van der Waals surface area contributed by atoms with Crippen molar-refractivity contribution < 1.29 is 65.4 Å². The Morgan fingerprint density at radius 1 is 0.409 bits per heavy atom. The normalized spacial score (nSPS) is 9.12. The molecule has 0 aliphatic heterocycles. The molecule has 0 N–H and O–H groups in total. The zero-order valence-electron chi connectivity index (χ0n) is 45.7. The maximum atomic E-state index is 3.97. The molecule has 0 aliphatic carbocycles. The van der Waals surface area contributed by atoms with Gasteiger partial charge in [-0.2, -0.15) is 54.6 Å². The van der Waals surface area contributed by atoms with Crippen LogP contribution in [-0.2, 0) is 91.1 Å². The van der Waals surface area contributed by atoms with E-state index < -0.39 is 0 Å². The summed E-state index contributed by atoms with van der Waals surface area (Å²) in [5, 5.41) is 15.8. The predicted molar refractivity (Wildman–Crippen MR) is 282 cm³/mol. The van der Waals surface area contributed by atoms with E-state index >= 15 is 0 Å². The maximum Gasteiger partial charge on any atom is 0.0824 e. The molecule has 0 saturated heterocycles. The molecule has 3 heterocycles. The minimum absolute atomic E-state index is 0. The van der Waals surface area contributed by atoms with E-state index in [0.29, 0.717) is 12.1 Å². The van der Waals surface area contributed by atoms with Crippen LogP contribution < -0.4 is 0 Å². The maximum absolute atomic E-state index is 3.97.